The Morgan fingerprint density at radius 2 is 1.79 bits per heavy atom. The Labute approximate surface area is 161 Å². The number of fused-ring (bicyclic) bond motifs is 1. The van der Waals surface area contributed by atoms with Crippen LogP contribution in [0.5, 0.6) is 11.5 Å². The molecule has 0 fully saturated rings. The Morgan fingerprint density at radius 1 is 1.07 bits per heavy atom. The number of carbonyl (C=O) groups excluding carboxylic acids is 1. The molecule has 1 N–H and O–H groups in total. The zero-order valence-electron chi connectivity index (χ0n) is 15.5. The van der Waals surface area contributed by atoms with Crippen molar-refractivity contribution in [1.29, 1.82) is 0 Å². The van der Waals surface area contributed by atoms with E-state index >= 15 is 0 Å². The summed E-state index contributed by atoms with van der Waals surface area (Å²) in [7, 11) is 0. The Hall–Kier alpha value is -3.02. The molecule has 1 amide bonds. The number of rotatable bonds is 5. The van der Waals surface area contributed by atoms with Crippen LogP contribution in [0.3, 0.4) is 0 Å². The van der Waals surface area contributed by atoms with Crippen molar-refractivity contribution in [3.8, 4) is 11.5 Å². The molecule has 0 saturated carbocycles. The number of hydrogen-bond acceptors (Lipinski definition) is 2. The van der Waals surface area contributed by atoms with E-state index in [1.807, 2.05) is 19.9 Å². The van der Waals surface area contributed by atoms with Crippen molar-refractivity contribution in [2.45, 2.75) is 32.5 Å². The fourth-order valence-electron chi connectivity index (χ4n) is 2.73. The number of ether oxygens (including phenoxy) is 1. The zero-order valence-corrected chi connectivity index (χ0v) is 15.5. The van der Waals surface area contributed by atoms with Crippen molar-refractivity contribution in [2.24, 2.45) is 0 Å². The van der Waals surface area contributed by atoms with Crippen LogP contribution in [0.4, 0.5) is 13.2 Å². The summed E-state index contributed by atoms with van der Waals surface area (Å²) >= 11 is 0. The third kappa shape index (κ3) is 4.44. The normalized spacial score (nSPS) is 12.6. The molecule has 1 atom stereocenters. The standard InChI is InChI=1S/C22H20F3NO2/c1-3-14(2)26-21(27)16-7-12-19-15(13-16)5-4-6-20(19)28-18-10-8-17(9-11-18)22(23,24)25/h4-14H,3H2,1-2H3,(H,26,27)/t14-/m1/s1. The van der Waals surface area contributed by atoms with Gasteiger partial charge in [-0.2, -0.15) is 13.2 Å². The highest BCUT2D eigenvalue weighted by Gasteiger charge is 2.30. The number of hydrogen-bond donors (Lipinski definition) is 1. The molecule has 0 aromatic heterocycles. The second-order valence-electron chi connectivity index (χ2n) is 6.60. The smallest absolute Gasteiger partial charge is 0.416 e. The Kier molecular flexibility index (Phi) is 5.58. The molecule has 0 saturated heterocycles. The molecular formula is C22H20F3NO2. The first-order chi connectivity index (χ1) is 13.3. The number of nitrogens with one attached hydrogen (secondary N) is 1. The van der Waals surface area contributed by atoms with Gasteiger partial charge in [-0.1, -0.05) is 19.1 Å². The summed E-state index contributed by atoms with van der Waals surface area (Å²) in [5.74, 6) is 0.663. The molecule has 3 aromatic rings. The van der Waals surface area contributed by atoms with E-state index in [2.05, 4.69) is 5.32 Å². The second-order valence-corrected chi connectivity index (χ2v) is 6.60. The lowest BCUT2D eigenvalue weighted by Gasteiger charge is -2.13. The molecule has 0 bridgehead atoms. The summed E-state index contributed by atoms with van der Waals surface area (Å²) < 4.78 is 43.8. The number of alkyl halides is 3. The van der Waals surface area contributed by atoms with Crippen molar-refractivity contribution in [2.75, 3.05) is 0 Å². The van der Waals surface area contributed by atoms with Gasteiger partial charge in [-0.25, -0.2) is 0 Å². The summed E-state index contributed by atoms with van der Waals surface area (Å²) in [5.41, 5.74) is -0.186. The first-order valence-corrected chi connectivity index (χ1v) is 8.96. The van der Waals surface area contributed by atoms with E-state index in [1.165, 1.54) is 12.1 Å². The Balaban J connectivity index is 1.85. The van der Waals surface area contributed by atoms with Gasteiger partial charge in [0.2, 0.25) is 0 Å². The Bertz CT molecular complexity index is 981. The zero-order chi connectivity index (χ0) is 20.3. The largest absolute Gasteiger partial charge is 0.457 e. The van der Waals surface area contributed by atoms with Crippen LogP contribution in [-0.2, 0) is 6.18 Å². The minimum Gasteiger partial charge on any atom is -0.457 e. The van der Waals surface area contributed by atoms with Gasteiger partial charge >= 0.3 is 6.18 Å². The second kappa shape index (κ2) is 7.92. The molecule has 0 aliphatic heterocycles. The average Bonchev–Trinajstić information content (AvgIpc) is 2.67. The van der Waals surface area contributed by atoms with Crippen LogP contribution in [0.25, 0.3) is 10.8 Å². The lowest BCUT2D eigenvalue weighted by atomic mass is 10.1. The van der Waals surface area contributed by atoms with Crippen LogP contribution in [0.1, 0.15) is 36.2 Å². The van der Waals surface area contributed by atoms with Crippen LogP contribution in [0, 0.1) is 0 Å². The quantitative estimate of drug-likeness (QED) is 0.568. The predicted molar refractivity (Wildman–Crippen MR) is 103 cm³/mol. The van der Waals surface area contributed by atoms with Crippen LogP contribution >= 0.6 is 0 Å². The molecule has 0 spiro atoms. The Morgan fingerprint density at radius 3 is 2.43 bits per heavy atom. The number of halogens is 3. The van der Waals surface area contributed by atoms with E-state index in [4.69, 9.17) is 4.74 Å². The molecule has 3 nitrogen and oxygen atoms in total. The third-order valence-electron chi connectivity index (χ3n) is 4.50. The summed E-state index contributed by atoms with van der Waals surface area (Å²) in [6, 6.07) is 15.2. The molecule has 3 aromatic carbocycles. The summed E-state index contributed by atoms with van der Waals surface area (Å²) in [5, 5.41) is 4.49. The molecule has 0 heterocycles. The fourth-order valence-corrected chi connectivity index (χ4v) is 2.73. The van der Waals surface area contributed by atoms with Crippen molar-refractivity contribution >= 4 is 16.7 Å². The molecule has 0 unspecified atom stereocenters. The lowest BCUT2D eigenvalue weighted by molar-refractivity contribution is -0.137. The topological polar surface area (TPSA) is 38.3 Å². The van der Waals surface area contributed by atoms with Gasteiger partial charge in [-0.15, -0.1) is 0 Å². The molecule has 0 radical (unpaired) electrons. The van der Waals surface area contributed by atoms with Crippen molar-refractivity contribution in [3.05, 3.63) is 71.8 Å². The minimum absolute atomic E-state index is 0.0811. The van der Waals surface area contributed by atoms with Gasteiger partial charge in [0.25, 0.3) is 5.91 Å². The van der Waals surface area contributed by atoms with Crippen molar-refractivity contribution < 1.29 is 22.7 Å². The van der Waals surface area contributed by atoms with Gasteiger partial charge in [-0.05, 0) is 67.3 Å². The first kappa shape index (κ1) is 19.7. The van der Waals surface area contributed by atoms with Crippen molar-refractivity contribution in [3.63, 3.8) is 0 Å². The first-order valence-electron chi connectivity index (χ1n) is 8.96. The van der Waals surface area contributed by atoms with Crippen LogP contribution in [0.15, 0.2) is 60.7 Å². The number of benzene rings is 3. The van der Waals surface area contributed by atoms with Crippen LogP contribution in [0.2, 0.25) is 0 Å². The maximum atomic E-state index is 12.7. The van der Waals surface area contributed by atoms with E-state index < -0.39 is 11.7 Å². The number of carbonyl (C=O) groups is 1. The van der Waals surface area contributed by atoms with Gasteiger partial charge in [-0.3, -0.25) is 4.79 Å². The molecule has 0 aliphatic rings. The van der Waals surface area contributed by atoms with Crippen LogP contribution in [-0.4, -0.2) is 11.9 Å². The monoisotopic (exact) mass is 387 g/mol. The SMILES string of the molecule is CC[C@@H](C)NC(=O)c1ccc2c(Oc3ccc(C(F)(F)F)cc3)cccc2c1. The van der Waals surface area contributed by atoms with E-state index in [9.17, 15) is 18.0 Å². The van der Waals surface area contributed by atoms with E-state index in [0.29, 0.717) is 17.1 Å². The molecule has 28 heavy (non-hydrogen) atoms. The highest BCUT2D eigenvalue weighted by molar-refractivity contribution is 6.00. The molecule has 0 aliphatic carbocycles. The summed E-state index contributed by atoms with van der Waals surface area (Å²) in [6.45, 7) is 3.94. The van der Waals surface area contributed by atoms with E-state index in [1.54, 1.807) is 30.3 Å². The van der Waals surface area contributed by atoms with E-state index in [0.717, 1.165) is 29.3 Å². The summed E-state index contributed by atoms with van der Waals surface area (Å²) in [4.78, 5) is 12.3. The van der Waals surface area contributed by atoms with Gasteiger partial charge in [0.15, 0.2) is 0 Å². The molecular weight excluding hydrogens is 367 g/mol. The maximum absolute atomic E-state index is 12.7. The van der Waals surface area contributed by atoms with Gasteiger partial charge in [0, 0.05) is 17.0 Å². The maximum Gasteiger partial charge on any atom is 0.416 e. The third-order valence-corrected chi connectivity index (χ3v) is 4.50. The van der Waals surface area contributed by atoms with Crippen LogP contribution < -0.4 is 10.1 Å². The molecule has 6 heteroatoms. The molecule has 3 rings (SSSR count). The predicted octanol–water partition coefficient (Wildman–Crippen LogP) is 6.18. The van der Waals surface area contributed by atoms with E-state index in [-0.39, 0.29) is 11.9 Å². The van der Waals surface area contributed by atoms with Gasteiger partial charge < -0.3 is 10.1 Å². The number of amides is 1. The van der Waals surface area contributed by atoms with Gasteiger partial charge in [0.05, 0.1) is 5.56 Å². The minimum atomic E-state index is -4.38. The average molecular weight is 387 g/mol. The fraction of sp³-hybridized carbons (Fsp3) is 0.227. The highest BCUT2D eigenvalue weighted by Crippen LogP contribution is 2.33. The lowest BCUT2D eigenvalue weighted by Crippen LogP contribution is -2.31. The summed E-state index contributed by atoms with van der Waals surface area (Å²) in [6.07, 6.45) is -3.55. The van der Waals surface area contributed by atoms with Gasteiger partial charge in [0.1, 0.15) is 11.5 Å². The highest BCUT2D eigenvalue weighted by atomic mass is 19.4. The van der Waals surface area contributed by atoms with Crippen molar-refractivity contribution in [1.82, 2.24) is 5.32 Å². The molecule has 146 valence electrons.